The molecule has 37 heavy (non-hydrogen) atoms. The van der Waals surface area contributed by atoms with Crippen molar-refractivity contribution in [3.63, 3.8) is 0 Å². The lowest BCUT2D eigenvalue weighted by Crippen LogP contribution is -2.66. The third-order valence-corrected chi connectivity index (χ3v) is 13.3. The Bertz CT molecular complexity index is 1200. The van der Waals surface area contributed by atoms with Gasteiger partial charge < -0.3 is 4.43 Å². The molecule has 3 aromatic carbocycles. The van der Waals surface area contributed by atoms with Crippen molar-refractivity contribution in [1.82, 2.24) is 4.72 Å². The first-order valence-electron chi connectivity index (χ1n) is 12.6. The van der Waals surface area contributed by atoms with Gasteiger partial charge in [0.05, 0.1) is 21.8 Å². The maximum absolute atomic E-state index is 13.0. The molecule has 2 atom stereocenters. The summed E-state index contributed by atoms with van der Waals surface area (Å²) in [6, 6.07) is 28.9. The molecular weight excluding hydrogens is 558 g/mol. The molecule has 6 heteroatoms. The van der Waals surface area contributed by atoms with E-state index in [0.29, 0.717) is 13.0 Å². The van der Waals surface area contributed by atoms with Gasteiger partial charge in [-0.15, -0.1) is 0 Å². The average Bonchev–Trinajstić information content (AvgIpc) is 2.84. The highest BCUT2D eigenvalue weighted by molar-refractivity contribution is 9.10. The summed E-state index contributed by atoms with van der Waals surface area (Å²) in [4.78, 5) is 0. The van der Waals surface area contributed by atoms with E-state index in [-0.39, 0.29) is 11.1 Å². The summed E-state index contributed by atoms with van der Waals surface area (Å²) in [5.74, 6) is 6.59. The van der Waals surface area contributed by atoms with E-state index < -0.39 is 24.1 Å². The molecule has 1 N–H and O–H groups in total. The highest BCUT2D eigenvalue weighted by Gasteiger charge is 2.50. The van der Waals surface area contributed by atoms with Crippen LogP contribution in [0.25, 0.3) is 0 Å². The Morgan fingerprint density at radius 2 is 1.46 bits per heavy atom. The van der Waals surface area contributed by atoms with Gasteiger partial charge in [0.2, 0.25) is 0 Å². The lowest BCUT2D eigenvalue weighted by molar-refractivity contribution is 0.285. The summed E-state index contributed by atoms with van der Waals surface area (Å²) in [7, 11) is -3.89. The maximum Gasteiger partial charge on any atom is 0.261 e. The number of nitrogens with one attached hydrogen (secondary N) is 1. The second-order valence-corrected chi connectivity index (χ2v) is 18.4. The Morgan fingerprint density at radius 1 is 0.892 bits per heavy atom. The minimum atomic E-state index is -2.65. The van der Waals surface area contributed by atoms with Gasteiger partial charge in [0, 0.05) is 16.6 Å². The highest BCUT2D eigenvalue weighted by atomic mass is 79.9. The molecule has 0 saturated carbocycles. The van der Waals surface area contributed by atoms with Crippen LogP contribution >= 0.6 is 15.9 Å². The van der Waals surface area contributed by atoms with Crippen molar-refractivity contribution >= 4 is 45.6 Å². The molecule has 0 bridgehead atoms. The lowest BCUT2D eigenvalue weighted by Gasteiger charge is -2.43. The van der Waals surface area contributed by atoms with Gasteiger partial charge in [0.15, 0.2) is 0 Å². The third kappa shape index (κ3) is 7.75. The van der Waals surface area contributed by atoms with Crippen LogP contribution in [-0.4, -0.2) is 29.9 Å². The van der Waals surface area contributed by atoms with Crippen LogP contribution in [0.5, 0.6) is 0 Å². The van der Waals surface area contributed by atoms with Crippen LogP contribution in [0.15, 0.2) is 89.4 Å². The minimum absolute atomic E-state index is 0.102. The van der Waals surface area contributed by atoms with Crippen molar-refractivity contribution in [2.24, 2.45) is 0 Å². The fourth-order valence-electron chi connectivity index (χ4n) is 4.29. The predicted octanol–water partition coefficient (Wildman–Crippen LogP) is 6.19. The normalized spacial score (nSPS) is 13.9. The fraction of sp³-hybridized carbons (Fsp3) is 0.355. The van der Waals surface area contributed by atoms with Gasteiger partial charge in [-0.05, 0) is 60.8 Å². The third-order valence-electron chi connectivity index (χ3n) is 6.16. The molecule has 3 rings (SSSR count). The summed E-state index contributed by atoms with van der Waals surface area (Å²) in [6.45, 7) is 13.2. The Morgan fingerprint density at radius 3 is 1.95 bits per heavy atom. The summed E-state index contributed by atoms with van der Waals surface area (Å²) in [6.07, 6.45) is 0.618. The summed E-state index contributed by atoms with van der Waals surface area (Å²) in [5.41, 5.74) is 0.913. The second-order valence-electron chi connectivity index (χ2n) is 11.1. The Kier molecular flexibility index (Phi) is 10.1. The van der Waals surface area contributed by atoms with Gasteiger partial charge in [-0.1, -0.05) is 115 Å². The van der Waals surface area contributed by atoms with Gasteiger partial charge in [0.1, 0.15) is 0 Å². The predicted molar refractivity (Wildman–Crippen MR) is 164 cm³/mol. The second kappa shape index (κ2) is 12.7. The molecule has 0 fully saturated rings. The molecule has 0 saturated heterocycles. The van der Waals surface area contributed by atoms with E-state index in [1.165, 1.54) is 10.4 Å². The maximum atomic E-state index is 13.0. The molecule has 0 aliphatic carbocycles. The molecule has 0 aliphatic heterocycles. The first kappa shape index (κ1) is 29.5. The van der Waals surface area contributed by atoms with Gasteiger partial charge in [-0.25, -0.2) is 8.93 Å². The molecule has 0 aromatic heterocycles. The SMILES string of the molecule is CC(C)(C)[S@](=O)N[C@@H](C#Cc1cccc(Br)c1)CCO[Si](c1ccccc1)(c1ccccc1)C(C)(C)C. The summed E-state index contributed by atoms with van der Waals surface area (Å²) in [5, 5.41) is 2.39. The monoisotopic (exact) mass is 595 g/mol. The number of benzene rings is 3. The van der Waals surface area contributed by atoms with E-state index in [0.717, 1.165) is 10.0 Å². The number of rotatable bonds is 8. The Labute approximate surface area is 235 Å². The van der Waals surface area contributed by atoms with Crippen LogP contribution in [0.1, 0.15) is 53.5 Å². The summed E-state index contributed by atoms with van der Waals surface area (Å²) >= 11 is 3.51. The molecule has 0 amide bonds. The van der Waals surface area contributed by atoms with Crippen LogP contribution in [-0.2, 0) is 15.4 Å². The highest BCUT2D eigenvalue weighted by Crippen LogP contribution is 2.36. The molecular formula is C31H38BrNO2SSi. The standard InChI is InChI=1S/C31H38BrNO2SSi/c1-30(2,3)36(34)33-27(21-20-25-14-13-15-26(32)24-25)22-23-35-37(31(4,5)6,28-16-9-7-10-17-28)29-18-11-8-12-19-29/h7-19,24,27,33H,22-23H2,1-6H3/t27-,36-/m0/s1. The van der Waals surface area contributed by atoms with Crippen molar-refractivity contribution in [3.05, 3.63) is 95.0 Å². The van der Waals surface area contributed by atoms with Crippen molar-refractivity contribution in [1.29, 1.82) is 0 Å². The molecule has 196 valence electrons. The van der Waals surface area contributed by atoms with Gasteiger partial charge in [-0.3, -0.25) is 0 Å². The number of halogens is 1. The van der Waals surface area contributed by atoms with Crippen molar-refractivity contribution in [2.45, 2.75) is 63.8 Å². The van der Waals surface area contributed by atoms with E-state index in [9.17, 15) is 4.21 Å². The molecule has 3 aromatic rings. The zero-order chi connectivity index (χ0) is 27.1. The number of hydrogen-bond acceptors (Lipinski definition) is 2. The van der Waals surface area contributed by atoms with E-state index in [4.69, 9.17) is 4.43 Å². The first-order valence-corrected chi connectivity index (χ1v) is 16.5. The topological polar surface area (TPSA) is 38.3 Å². The Hall–Kier alpha value is -2.01. The zero-order valence-corrected chi connectivity index (χ0v) is 26.1. The first-order chi connectivity index (χ1) is 17.4. The molecule has 0 aliphatic rings. The van der Waals surface area contributed by atoms with Crippen LogP contribution in [0.2, 0.25) is 5.04 Å². The van der Waals surface area contributed by atoms with Crippen LogP contribution in [0.4, 0.5) is 0 Å². The van der Waals surface area contributed by atoms with Crippen LogP contribution in [0, 0.1) is 11.8 Å². The van der Waals surface area contributed by atoms with Gasteiger partial charge in [0.25, 0.3) is 8.32 Å². The van der Waals surface area contributed by atoms with Crippen molar-refractivity contribution in [2.75, 3.05) is 6.61 Å². The van der Waals surface area contributed by atoms with Crippen LogP contribution < -0.4 is 15.1 Å². The lowest BCUT2D eigenvalue weighted by atomic mass is 10.2. The molecule has 3 nitrogen and oxygen atoms in total. The van der Waals surface area contributed by atoms with E-state index in [1.54, 1.807) is 0 Å². The minimum Gasteiger partial charge on any atom is -0.407 e. The number of hydrogen-bond donors (Lipinski definition) is 1. The molecule has 0 radical (unpaired) electrons. The van der Waals surface area contributed by atoms with E-state index in [1.807, 2.05) is 45.0 Å². The van der Waals surface area contributed by atoms with E-state index >= 15 is 0 Å². The molecule has 0 unspecified atom stereocenters. The largest absolute Gasteiger partial charge is 0.407 e. The van der Waals surface area contributed by atoms with Gasteiger partial charge >= 0.3 is 0 Å². The zero-order valence-electron chi connectivity index (χ0n) is 22.7. The average molecular weight is 597 g/mol. The smallest absolute Gasteiger partial charge is 0.261 e. The van der Waals surface area contributed by atoms with Gasteiger partial charge in [-0.2, -0.15) is 0 Å². The quantitative estimate of drug-likeness (QED) is 0.249. The van der Waals surface area contributed by atoms with Crippen LogP contribution in [0.3, 0.4) is 0 Å². The fourth-order valence-corrected chi connectivity index (χ4v) is 10.1. The molecule has 0 heterocycles. The molecule has 0 spiro atoms. The van der Waals surface area contributed by atoms with Crippen molar-refractivity contribution in [3.8, 4) is 11.8 Å². The Balaban J connectivity index is 1.93. The van der Waals surface area contributed by atoms with Crippen molar-refractivity contribution < 1.29 is 8.63 Å². The summed E-state index contributed by atoms with van der Waals surface area (Å²) < 4.78 is 23.9. The van der Waals surface area contributed by atoms with E-state index in [2.05, 4.69) is 114 Å².